The van der Waals surface area contributed by atoms with Crippen molar-refractivity contribution in [3.05, 3.63) is 95.1 Å². The van der Waals surface area contributed by atoms with Crippen molar-refractivity contribution in [2.45, 2.75) is 37.7 Å². The summed E-state index contributed by atoms with van der Waals surface area (Å²) in [4.78, 5) is 27.4. The van der Waals surface area contributed by atoms with Crippen molar-refractivity contribution >= 4 is 17.6 Å². The van der Waals surface area contributed by atoms with E-state index in [0.717, 1.165) is 17.7 Å². The molecule has 0 radical (unpaired) electrons. The van der Waals surface area contributed by atoms with Crippen molar-refractivity contribution in [3.63, 3.8) is 0 Å². The highest BCUT2D eigenvalue weighted by Gasteiger charge is 2.49. The summed E-state index contributed by atoms with van der Waals surface area (Å²) in [6, 6.07) is 18.7. The zero-order chi connectivity index (χ0) is 25.5. The zero-order valence-corrected chi connectivity index (χ0v) is 19.4. The molecule has 3 amide bonds. The molecule has 186 valence electrons. The van der Waals surface area contributed by atoms with Crippen LogP contribution in [0.25, 0.3) is 0 Å². The molecular weight excluding hydrogens is 471 g/mol. The highest BCUT2D eigenvalue weighted by molar-refractivity contribution is 5.99. The first-order valence-corrected chi connectivity index (χ1v) is 11.6. The first-order chi connectivity index (χ1) is 17.1. The molecule has 6 nitrogen and oxygen atoms in total. The lowest BCUT2D eigenvalue weighted by Crippen LogP contribution is -2.65. The van der Waals surface area contributed by atoms with Crippen LogP contribution in [0.2, 0.25) is 0 Å². The Labute approximate surface area is 206 Å². The molecule has 3 aromatic rings. The van der Waals surface area contributed by atoms with Gasteiger partial charge >= 0.3 is 12.2 Å². The Balaban J connectivity index is 1.28. The number of urea groups is 1. The molecule has 9 heteroatoms. The molecule has 2 unspecified atom stereocenters. The Hall–Kier alpha value is -4.01. The van der Waals surface area contributed by atoms with Gasteiger partial charge in [0.25, 0.3) is 5.91 Å². The maximum absolute atomic E-state index is 13.1. The third-order valence-electron chi connectivity index (χ3n) is 6.53. The van der Waals surface area contributed by atoms with Gasteiger partial charge in [-0.1, -0.05) is 36.4 Å². The smallest absolute Gasteiger partial charge is 0.416 e. The summed E-state index contributed by atoms with van der Waals surface area (Å²) < 4.78 is 44.4. The predicted octanol–water partition coefficient (Wildman–Crippen LogP) is 5.45. The molecule has 2 aliphatic rings. The molecule has 5 rings (SSSR count). The van der Waals surface area contributed by atoms with E-state index < -0.39 is 17.5 Å². The number of ether oxygens (including phenoxy) is 1. The van der Waals surface area contributed by atoms with Crippen LogP contribution in [0.1, 0.15) is 46.4 Å². The van der Waals surface area contributed by atoms with Crippen LogP contribution in [0.5, 0.6) is 5.75 Å². The van der Waals surface area contributed by atoms with Crippen molar-refractivity contribution in [2.24, 2.45) is 0 Å². The Bertz CT molecular complexity index is 1310. The van der Waals surface area contributed by atoms with Crippen LogP contribution in [-0.4, -0.2) is 24.2 Å². The molecule has 2 bridgehead atoms. The monoisotopic (exact) mass is 495 g/mol. The molecule has 3 aromatic carbocycles. The Kier molecular flexibility index (Phi) is 5.86. The van der Waals surface area contributed by atoms with E-state index in [4.69, 9.17) is 4.74 Å². The molecule has 2 aliphatic heterocycles. The molecule has 1 saturated heterocycles. The fraction of sp³-hybridized carbons (Fsp3) is 0.259. The molecule has 2 atom stereocenters. The van der Waals surface area contributed by atoms with Gasteiger partial charge in [-0.2, -0.15) is 13.2 Å². The number of benzene rings is 3. The SMILES string of the molecule is CC12CC(NC(=O)N1c1cccc(C(=O)NCCc3ccc(C(F)(F)F)cc3)c1)c1ccccc1O2. The van der Waals surface area contributed by atoms with Crippen molar-refractivity contribution < 1.29 is 27.5 Å². The van der Waals surface area contributed by atoms with E-state index in [-0.39, 0.29) is 24.5 Å². The normalized spacial score (nSPS) is 20.7. The van der Waals surface area contributed by atoms with Gasteiger partial charge in [-0.15, -0.1) is 0 Å². The molecule has 0 spiro atoms. The maximum Gasteiger partial charge on any atom is 0.416 e. The number of alkyl halides is 3. The van der Waals surface area contributed by atoms with E-state index in [1.807, 2.05) is 31.2 Å². The molecule has 0 aliphatic carbocycles. The van der Waals surface area contributed by atoms with Gasteiger partial charge in [0, 0.05) is 24.1 Å². The quantitative estimate of drug-likeness (QED) is 0.495. The van der Waals surface area contributed by atoms with E-state index in [0.29, 0.717) is 35.4 Å². The molecule has 0 aromatic heterocycles. The number of fused-ring (bicyclic) bond motifs is 4. The van der Waals surface area contributed by atoms with Crippen LogP contribution in [-0.2, 0) is 12.6 Å². The average molecular weight is 496 g/mol. The lowest BCUT2D eigenvalue weighted by molar-refractivity contribution is -0.137. The minimum absolute atomic E-state index is 0.166. The number of carbonyl (C=O) groups excluding carboxylic acids is 2. The second-order valence-electron chi connectivity index (χ2n) is 9.11. The number of hydrogen-bond donors (Lipinski definition) is 2. The first-order valence-electron chi connectivity index (χ1n) is 11.6. The van der Waals surface area contributed by atoms with E-state index in [2.05, 4.69) is 10.6 Å². The van der Waals surface area contributed by atoms with Crippen LogP contribution in [0.4, 0.5) is 23.7 Å². The highest BCUT2D eigenvalue weighted by Crippen LogP contribution is 2.45. The summed E-state index contributed by atoms with van der Waals surface area (Å²) in [5.74, 6) is 0.359. The van der Waals surface area contributed by atoms with E-state index in [9.17, 15) is 22.8 Å². The van der Waals surface area contributed by atoms with Crippen LogP contribution in [0.3, 0.4) is 0 Å². The molecule has 1 fully saturated rings. The van der Waals surface area contributed by atoms with Crippen molar-refractivity contribution in [2.75, 3.05) is 11.4 Å². The van der Waals surface area contributed by atoms with Crippen molar-refractivity contribution in [1.29, 1.82) is 0 Å². The lowest BCUT2D eigenvalue weighted by Gasteiger charge is -2.50. The minimum Gasteiger partial charge on any atom is -0.467 e. The van der Waals surface area contributed by atoms with E-state index >= 15 is 0 Å². The van der Waals surface area contributed by atoms with Crippen LogP contribution >= 0.6 is 0 Å². The van der Waals surface area contributed by atoms with Crippen LogP contribution in [0, 0.1) is 0 Å². The number of anilines is 1. The largest absolute Gasteiger partial charge is 0.467 e. The number of carbonyl (C=O) groups is 2. The topological polar surface area (TPSA) is 70.7 Å². The summed E-state index contributed by atoms with van der Waals surface area (Å²) in [7, 11) is 0. The maximum atomic E-state index is 13.1. The number of halogens is 3. The second-order valence-corrected chi connectivity index (χ2v) is 9.11. The van der Waals surface area contributed by atoms with Crippen molar-refractivity contribution in [3.8, 4) is 5.75 Å². The molecular formula is C27H24F3N3O3. The van der Waals surface area contributed by atoms with Gasteiger partial charge in [0.1, 0.15) is 5.75 Å². The molecule has 2 heterocycles. The van der Waals surface area contributed by atoms with Gasteiger partial charge in [0.05, 0.1) is 17.3 Å². The van der Waals surface area contributed by atoms with E-state index in [1.165, 1.54) is 17.0 Å². The van der Waals surface area contributed by atoms with E-state index in [1.54, 1.807) is 24.3 Å². The van der Waals surface area contributed by atoms with Gasteiger partial charge in [-0.05, 0) is 55.3 Å². The van der Waals surface area contributed by atoms with Gasteiger partial charge in [-0.25, -0.2) is 4.79 Å². The minimum atomic E-state index is -4.38. The van der Waals surface area contributed by atoms with Gasteiger partial charge in [0.15, 0.2) is 5.72 Å². The standard InChI is InChI=1S/C27H24F3N3O3/c1-26-16-22(21-7-2-3-8-23(21)36-26)32-25(35)33(26)20-6-4-5-18(15-20)24(34)31-14-13-17-9-11-19(12-10-17)27(28,29)30/h2-12,15,22H,13-14,16H2,1H3,(H,31,34)(H,32,35). The number of para-hydroxylation sites is 1. The number of nitrogens with one attached hydrogen (secondary N) is 2. The predicted molar refractivity (Wildman–Crippen MR) is 128 cm³/mol. The third kappa shape index (κ3) is 4.48. The summed E-state index contributed by atoms with van der Waals surface area (Å²) in [6.07, 6.45) is -3.46. The third-order valence-corrected chi connectivity index (χ3v) is 6.53. The summed E-state index contributed by atoms with van der Waals surface area (Å²) in [5, 5.41) is 5.82. The number of rotatable bonds is 5. The van der Waals surface area contributed by atoms with Crippen LogP contribution < -0.4 is 20.3 Å². The van der Waals surface area contributed by atoms with Gasteiger partial charge in [0.2, 0.25) is 0 Å². The number of amides is 3. The molecule has 2 N–H and O–H groups in total. The van der Waals surface area contributed by atoms with Crippen LogP contribution in [0.15, 0.2) is 72.8 Å². The van der Waals surface area contributed by atoms with Gasteiger partial charge in [-0.3, -0.25) is 9.69 Å². The molecule has 36 heavy (non-hydrogen) atoms. The summed E-state index contributed by atoms with van der Waals surface area (Å²) >= 11 is 0. The lowest BCUT2D eigenvalue weighted by atomic mass is 9.90. The van der Waals surface area contributed by atoms with Gasteiger partial charge < -0.3 is 15.4 Å². The second kappa shape index (κ2) is 8.89. The van der Waals surface area contributed by atoms with Crippen molar-refractivity contribution in [1.82, 2.24) is 10.6 Å². The fourth-order valence-corrected chi connectivity index (χ4v) is 4.78. The number of hydrogen-bond acceptors (Lipinski definition) is 3. The summed E-state index contributed by atoms with van der Waals surface area (Å²) in [5.41, 5.74) is 0.847. The number of nitrogens with zero attached hydrogens (tertiary/aromatic N) is 1. The highest BCUT2D eigenvalue weighted by atomic mass is 19.4. The Morgan fingerprint density at radius 3 is 2.61 bits per heavy atom. The zero-order valence-electron chi connectivity index (χ0n) is 19.4. The Morgan fingerprint density at radius 1 is 1.11 bits per heavy atom. The Morgan fingerprint density at radius 2 is 1.86 bits per heavy atom. The fourth-order valence-electron chi connectivity index (χ4n) is 4.78. The average Bonchev–Trinajstić information content (AvgIpc) is 2.83. The first kappa shape index (κ1) is 23.7. The molecule has 0 saturated carbocycles. The summed E-state index contributed by atoms with van der Waals surface area (Å²) in [6.45, 7) is 2.10.